The van der Waals surface area contributed by atoms with E-state index in [0.29, 0.717) is 11.6 Å². The summed E-state index contributed by atoms with van der Waals surface area (Å²) in [5.41, 5.74) is 12.1. The fourth-order valence-electron chi connectivity index (χ4n) is 7.25. The Labute approximate surface area is 343 Å². The Morgan fingerprint density at radius 2 is 1.46 bits per heavy atom. The second kappa shape index (κ2) is 16.3. The molecule has 0 atom stereocenters. The van der Waals surface area contributed by atoms with E-state index < -0.39 is 8.07 Å². The zero-order chi connectivity index (χ0) is 38.1. The van der Waals surface area contributed by atoms with Crippen LogP contribution in [0.1, 0.15) is 25.1 Å². The summed E-state index contributed by atoms with van der Waals surface area (Å²) in [7, 11) is -1.34. The Kier molecular flexibility index (Phi) is 11.3. The van der Waals surface area contributed by atoms with Gasteiger partial charge in [-0.15, -0.1) is 54.1 Å². The van der Waals surface area contributed by atoms with E-state index in [1.54, 1.807) is 0 Å². The summed E-state index contributed by atoms with van der Waals surface area (Å²) in [5.74, 6) is 1.46. The van der Waals surface area contributed by atoms with E-state index in [4.69, 9.17) is 9.40 Å². The number of pyridine rings is 2. The van der Waals surface area contributed by atoms with E-state index in [1.165, 1.54) is 21.9 Å². The van der Waals surface area contributed by atoms with Crippen molar-refractivity contribution in [3.05, 3.63) is 163 Å². The van der Waals surface area contributed by atoms with Crippen molar-refractivity contribution < 1.29 is 24.5 Å². The van der Waals surface area contributed by atoms with Gasteiger partial charge < -0.3 is 14.0 Å². The SMILES string of the molecule is CC(C)Cc1cc(-c2[c-]cccc2)ncc1[Si](C)(C)C.Cc1ccc2c(n1)oc1c(-c3nc4ccccc4n3-c3ccc(-c4ccccc4)cc3)[c-]ccc12.[Ir]. The molecule has 0 aliphatic heterocycles. The standard InChI is InChI=1S/C31H20N3O.C18H24NSi.Ir/c1-20-14-19-25-24-10-7-11-26(29(24)35-31(25)32-20)30-33-27-12-5-6-13-28(27)34(30)23-17-15-22(16-18-23)21-8-3-2-4-9-21;1-14(2)11-16-12-17(15-9-7-6-8-10-15)19-13-18(16)20(3,4)5;/h2-10,12-19H,1H3;6-9,12-14H,11H2,1-5H3;/q2*-1;. The molecule has 0 N–H and O–H groups in total. The van der Waals surface area contributed by atoms with Gasteiger partial charge in [-0.25, -0.2) is 4.98 Å². The molecule has 7 heteroatoms. The quantitative estimate of drug-likeness (QED) is 0.118. The molecule has 4 aromatic heterocycles. The molecule has 0 aliphatic carbocycles. The molecule has 1 radical (unpaired) electrons. The number of benzene rings is 5. The molecule has 281 valence electrons. The van der Waals surface area contributed by atoms with E-state index >= 15 is 0 Å². The van der Waals surface area contributed by atoms with Crippen LogP contribution in [-0.4, -0.2) is 27.6 Å². The number of aryl methyl sites for hydroxylation is 1. The van der Waals surface area contributed by atoms with Crippen LogP contribution in [0, 0.1) is 25.0 Å². The van der Waals surface area contributed by atoms with E-state index in [-0.39, 0.29) is 20.1 Å². The third-order valence-corrected chi connectivity index (χ3v) is 11.9. The van der Waals surface area contributed by atoms with Crippen LogP contribution < -0.4 is 5.19 Å². The summed E-state index contributed by atoms with van der Waals surface area (Å²) in [6.45, 7) is 13.7. The fraction of sp³-hybridized carbons (Fsp3) is 0.163. The van der Waals surface area contributed by atoms with Gasteiger partial charge in [0.2, 0.25) is 5.71 Å². The summed E-state index contributed by atoms with van der Waals surface area (Å²) in [6, 6.07) is 52.3. The predicted octanol–water partition coefficient (Wildman–Crippen LogP) is 12.1. The predicted molar refractivity (Wildman–Crippen MR) is 231 cm³/mol. The van der Waals surface area contributed by atoms with Gasteiger partial charge in [0.15, 0.2) is 0 Å². The van der Waals surface area contributed by atoms with Crippen molar-refractivity contribution in [3.8, 4) is 39.5 Å². The van der Waals surface area contributed by atoms with Crippen LogP contribution in [0.4, 0.5) is 0 Å². The summed E-state index contributed by atoms with van der Waals surface area (Å²) >= 11 is 0. The number of rotatable bonds is 7. The first-order valence-electron chi connectivity index (χ1n) is 18.9. The number of aromatic nitrogens is 4. The molecule has 9 rings (SSSR count). The van der Waals surface area contributed by atoms with Gasteiger partial charge >= 0.3 is 0 Å². The second-order valence-electron chi connectivity index (χ2n) is 15.5. The van der Waals surface area contributed by atoms with Crippen molar-refractivity contribution in [2.24, 2.45) is 5.92 Å². The molecule has 56 heavy (non-hydrogen) atoms. The topological polar surface area (TPSA) is 56.7 Å². The maximum absolute atomic E-state index is 6.29. The molecule has 4 heterocycles. The van der Waals surface area contributed by atoms with E-state index in [1.807, 2.05) is 67.6 Å². The summed E-state index contributed by atoms with van der Waals surface area (Å²) < 4.78 is 8.47. The number of hydrogen-bond donors (Lipinski definition) is 0. The smallest absolute Gasteiger partial charge is 0.216 e. The number of nitrogens with zero attached hydrogens (tertiary/aromatic N) is 4. The third-order valence-electron chi connectivity index (χ3n) is 9.87. The fourth-order valence-corrected chi connectivity index (χ4v) is 8.84. The van der Waals surface area contributed by atoms with Crippen LogP contribution in [0.3, 0.4) is 0 Å². The molecule has 0 bridgehead atoms. The van der Waals surface area contributed by atoms with Crippen molar-refractivity contribution in [2.45, 2.75) is 46.8 Å². The van der Waals surface area contributed by atoms with Crippen LogP contribution in [0.5, 0.6) is 0 Å². The van der Waals surface area contributed by atoms with Crippen LogP contribution in [0.25, 0.3) is 72.6 Å². The van der Waals surface area contributed by atoms with Crippen molar-refractivity contribution in [2.75, 3.05) is 0 Å². The Balaban J connectivity index is 0.000000197. The van der Waals surface area contributed by atoms with Gasteiger partial charge in [0, 0.05) is 43.1 Å². The molecular formula is C49H44IrN4OSi-2. The molecular weight excluding hydrogens is 881 g/mol. The van der Waals surface area contributed by atoms with E-state index in [0.717, 1.165) is 67.8 Å². The molecule has 0 saturated heterocycles. The zero-order valence-corrected chi connectivity index (χ0v) is 36.0. The summed E-state index contributed by atoms with van der Waals surface area (Å²) in [4.78, 5) is 14.3. The van der Waals surface area contributed by atoms with E-state index in [9.17, 15) is 0 Å². The Morgan fingerprint density at radius 1 is 0.732 bits per heavy atom. The van der Waals surface area contributed by atoms with Crippen LogP contribution in [0.15, 0.2) is 144 Å². The van der Waals surface area contributed by atoms with Gasteiger partial charge in [-0.3, -0.25) is 4.98 Å². The largest absolute Gasteiger partial charge is 0.486 e. The minimum absolute atomic E-state index is 0. The first kappa shape index (κ1) is 38.8. The normalized spacial score (nSPS) is 11.5. The average Bonchev–Trinajstić information content (AvgIpc) is 3.76. The molecule has 9 aromatic rings. The molecule has 5 nitrogen and oxygen atoms in total. The first-order chi connectivity index (χ1) is 26.6. The summed E-state index contributed by atoms with van der Waals surface area (Å²) in [5, 5.41) is 3.50. The minimum Gasteiger partial charge on any atom is -0.486 e. The second-order valence-corrected chi connectivity index (χ2v) is 20.6. The van der Waals surface area contributed by atoms with Crippen molar-refractivity contribution >= 4 is 46.4 Å². The number of furan rings is 1. The van der Waals surface area contributed by atoms with Gasteiger partial charge in [-0.2, -0.15) is 0 Å². The van der Waals surface area contributed by atoms with E-state index in [2.05, 4.69) is 139 Å². The van der Waals surface area contributed by atoms with Crippen molar-refractivity contribution in [3.63, 3.8) is 0 Å². The van der Waals surface area contributed by atoms with Crippen LogP contribution in [0.2, 0.25) is 19.6 Å². The third kappa shape index (κ3) is 7.94. The van der Waals surface area contributed by atoms with Crippen molar-refractivity contribution in [1.82, 2.24) is 19.5 Å². The molecule has 0 unspecified atom stereocenters. The first-order valence-corrected chi connectivity index (χ1v) is 22.4. The average molecular weight is 925 g/mol. The number of hydrogen-bond acceptors (Lipinski definition) is 4. The van der Waals surface area contributed by atoms with Gasteiger partial charge in [-0.05, 0) is 77.7 Å². The maximum atomic E-state index is 6.29. The molecule has 0 aliphatic rings. The Bertz CT molecular complexity index is 2750. The number of imidazole rings is 1. The zero-order valence-electron chi connectivity index (χ0n) is 32.6. The summed E-state index contributed by atoms with van der Waals surface area (Å²) in [6.07, 6.45) is 3.24. The maximum Gasteiger partial charge on any atom is 0.216 e. The molecule has 0 saturated carbocycles. The van der Waals surface area contributed by atoms with Crippen molar-refractivity contribution in [1.29, 1.82) is 0 Å². The van der Waals surface area contributed by atoms with Crippen LogP contribution in [-0.2, 0) is 26.5 Å². The van der Waals surface area contributed by atoms with Gasteiger partial charge in [0.1, 0.15) is 0 Å². The van der Waals surface area contributed by atoms with Gasteiger partial charge in [-0.1, -0.05) is 111 Å². The number of fused-ring (bicyclic) bond motifs is 4. The molecule has 0 spiro atoms. The molecule has 5 aromatic carbocycles. The van der Waals surface area contributed by atoms with Crippen LogP contribution >= 0.6 is 0 Å². The minimum atomic E-state index is -1.34. The van der Waals surface area contributed by atoms with Gasteiger partial charge in [0.25, 0.3) is 0 Å². The van der Waals surface area contributed by atoms with Gasteiger partial charge in [0.05, 0.1) is 30.5 Å². The monoisotopic (exact) mass is 925 g/mol. The molecule has 0 amide bonds. The molecule has 0 fully saturated rings. The number of para-hydroxylation sites is 2. The Hall–Kier alpha value is -5.46. The Morgan fingerprint density at radius 3 is 2.20 bits per heavy atom.